The molecule has 1 saturated heterocycles. The van der Waals surface area contributed by atoms with Gasteiger partial charge in [0.25, 0.3) is 0 Å². The van der Waals surface area contributed by atoms with Crippen LogP contribution in [-0.4, -0.2) is 29.6 Å². The van der Waals surface area contributed by atoms with Gasteiger partial charge in [-0.15, -0.1) is 12.4 Å². The number of benzene rings is 3. The maximum Gasteiger partial charge on any atom is 0.119 e. The molecule has 1 fully saturated rings. The summed E-state index contributed by atoms with van der Waals surface area (Å²) >= 11 is 0. The highest BCUT2D eigenvalue weighted by atomic mass is 35.5. The van der Waals surface area contributed by atoms with Crippen molar-refractivity contribution in [2.45, 2.75) is 50.7 Å². The summed E-state index contributed by atoms with van der Waals surface area (Å²) in [6.45, 7) is 4.02. The molecule has 180 valence electrons. The lowest BCUT2D eigenvalue weighted by Crippen LogP contribution is -2.36. The second kappa shape index (κ2) is 11.9. The number of piperidine rings is 1. The lowest BCUT2D eigenvalue weighted by atomic mass is 9.88. The van der Waals surface area contributed by atoms with Crippen molar-refractivity contribution in [2.24, 2.45) is 5.92 Å². The molecule has 5 rings (SSSR count). The van der Waals surface area contributed by atoms with Crippen LogP contribution in [0.25, 0.3) is 0 Å². The number of aryl methyl sites for hydroxylation is 1. The fourth-order valence-corrected chi connectivity index (χ4v) is 5.56. The number of rotatable bonds is 6. The molecule has 2 aliphatic rings. The van der Waals surface area contributed by atoms with Gasteiger partial charge in [0.15, 0.2) is 0 Å². The summed E-state index contributed by atoms with van der Waals surface area (Å²) in [7, 11) is 0. The largest absolute Gasteiger partial charge is 0.489 e. The Kier molecular flexibility index (Phi) is 8.66. The molecule has 1 heterocycles. The molecule has 3 aromatic carbocycles. The Morgan fingerprint density at radius 1 is 0.824 bits per heavy atom. The molecule has 0 saturated carbocycles. The van der Waals surface area contributed by atoms with Gasteiger partial charge < -0.3 is 14.7 Å². The van der Waals surface area contributed by atoms with Gasteiger partial charge in [0, 0.05) is 6.54 Å². The third kappa shape index (κ3) is 6.21. The monoisotopic (exact) mass is 477 g/mol. The van der Waals surface area contributed by atoms with Crippen LogP contribution < -0.4 is 4.74 Å². The Morgan fingerprint density at radius 3 is 2.29 bits per heavy atom. The lowest BCUT2D eigenvalue weighted by Gasteiger charge is -2.34. The Balaban J connectivity index is 0.00000274. The zero-order valence-corrected chi connectivity index (χ0v) is 20.6. The highest BCUT2D eigenvalue weighted by molar-refractivity contribution is 5.85. The molecule has 3 aromatic rings. The highest BCUT2D eigenvalue weighted by Gasteiger charge is 2.27. The SMILES string of the molecule is Cl.OC1CC(CN2CCC(c3ccc(OCc4ccccc4)cc3)CC2)CCc2ccccc21. The van der Waals surface area contributed by atoms with Crippen molar-refractivity contribution in [2.75, 3.05) is 19.6 Å². The van der Waals surface area contributed by atoms with E-state index < -0.39 is 0 Å². The van der Waals surface area contributed by atoms with Crippen LogP contribution >= 0.6 is 12.4 Å². The van der Waals surface area contributed by atoms with Crippen molar-refractivity contribution in [3.63, 3.8) is 0 Å². The summed E-state index contributed by atoms with van der Waals surface area (Å²) in [6.07, 6.45) is 5.26. The van der Waals surface area contributed by atoms with Gasteiger partial charge >= 0.3 is 0 Å². The Morgan fingerprint density at radius 2 is 1.53 bits per heavy atom. The zero-order valence-electron chi connectivity index (χ0n) is 19.8. The van der Waals surface area contributed by atoms with E-state index >= 15 is 0 Å². The smallest absolute Gasteiger partial charge is 0.119 e. The van der Waals surface area contributed by atoms with E-state index in [4.69, 9.17) is 4.74 Å². The fourth-order valence-electron chi connectivity index (χ4n) is 5.56. The van der Waals surface area contributed by atoms with Crippen LogP contribution in [0.15, 0.2) is 78.9 Å². The molecule has 34 heavy (non-hydrogen) atoms. The minimum atomic E-state index is -0.311. The summed E-state index contributed by atoms with van der Waals surface area (Å²) < 4.78 is 5.95. The third-order valence-corrected chi connectivity index (χ3v) is 7.50. The number of nitrogens with zero attached hydrogens (tertiary/aromatic N) is 1. The van der Waals surface area contributed by atoms with Crippen molar-refractivity contribution in [1.29, 1.82) is 0 Å². The minimum absolute atomic E-state index is 0. The van der Waals surface area contributed by atoms with E-state index in [1.54, 1.807) is 0 Å². The number of halogens is 1. The molecule has 4 heteroatoms. The topological polar surface area (TPSA) is 32.7 Å². The first kappa shape index (κ1) is 24.8. The van der Waals surface area contributed by atoms with E-state index in [2.05, 4.69) is 65.6 Å². The maximum atomic E-state index is 10.7. The molecule has 2 unspecified atom stereocenters. The molecule has 1 aliphatic carbocycles. The Hall–Kier alpha value is -2.33. The number of ether oxygens (including phenoxy) is 1. The average molecular weight is 478 g/mol. The number of aliphatic hydroxyl groups excluding tert-OH is 1. The van der Waals surface area contributed by atoms with Crippen LogP contribution in [0.4, 0.5) is 0 Å². The Labute approximate surface area is 210 Å². The van der Waals surface area contributed by atoms with Crippen LogP contribution in [-0.2, 0) is 13.0 Å². The third-order valence-electron chi connectivity index (χ3n) is 7.50. The molecule has 0 amide bonds. The first-order valence-electron chi connectivity index (χ1n) is 12.5. The molecule has 0 aromatic heterocycles. The predicted molar refractivity (Wildman–Crippen MR) is 141 cm³/mol. The molecular weight excluding hydrogens is 442 g/mol. The molecule has 3 nitrogen and oxygen atoms in total. The van der Waals surface area contributed by atoms with Crippen molar-refractivity contribution in [3.8, 4) is 5.75 Å². The maximum absolute atomic E-state index is 10.7. The second-order valence-electron chi connectivity index (χ2n) is 9.77. The average Bonchev–Trinajstić information content (AvgIpc) is 3.03. The Bertz CT molecular complexity index is 1020. The number of likely N-dealkylation sites (tertiary alicyclic amines) is 1. The molecule has 1 N–H and O–H groups in total. The first-order chi connectivity index (χ1) is 16.2. The molecule has 2 atom stereocenters. The van der Waals surface area contributed by atoms with Crippen LogP contribution in [0, 0.1) is 5.92 Å². The van der Waals surface area contributed by atoms with Gasteiger partial charge in [-0.05, 0) is 91.4 Å². The van der Waals surface area contributed by atoms with E-state index in [0.29, 0.717) is 18.4 Å². The highest BCUT2D eigenvalue weighted by Crippen LogP contribution is 2.34. The van der Waals surface area contributed by atoms with Gasteiger partial charge in [-0.25, -0.2) is 0 Å². The van der Waals surface area contributed by atoms with Gasteiger partial charge in [-0.2, -0.15) is 0 Å². The van der Waals surface area contributed by atoms with Gasteiger partial charge in [-0.3, -0.25) is 0 Å². The van der Waals surface area contributed by atoms with E-state index in [-0.39, 0.29) is 18.5 Å². The predicted octanol–water partition coefficient (Wildman–Crippen LogP) is 6.55. The van der Waals surface area contributed by atoms with Gasteiger partial charge in [0.05, 0.1) is 6.10 Å². The van der Waals surface area contributed by atoms with Crippen molar-refractivity contribution in [1.82, 2.24) is 4.90 Å². The van der Waals surface area contributed by atoms with E-state index in [0.717, 1.165) is 43.8 Å². The van der Waals surface area contributed by atoms with E-state index in [1.807, 2.05) is 18.2 Å². The van der Waals surface area contributed by atoms with E-state index in [9.17, 15) is 5.11 Å². The lowest BCUT2D eigenvalue weighted by molar-refractivity contribution is 0.117. The number of hydrogen-bond acceptors (Lipinski definition) is 3. The van der Waals surface area contributed by atoms with E-state index in [1.165, 1.54) is 36.0 Å². The molecular formula is C30H36ClNO2. The molecule has 0 bridgehead atoms. The van der Waals surface area contributed by atoms with Crippen LogP contribution in [0.5, 0.6) is 5.75 Å². The summed E-state index contributed by atoms with van der Waals surface area (Å²) in [5.41, 5.74) is 5.11. The quantitative estimate of drug-likeness (QED) is 0.408. The van der Waals surface area contributed by atoms with Crippen LogP contribution in [0.3, 0.4) is 0 Å². The van der Waals surface area contributed by atoms with Gasteiger partial charge in [-0.1, -0.05) is 66.7 Å². The summed E-state index contributed by atoms with van der Waals surface area (Å²) in [5, 5.41) is 10.7. The van der Waals surface area contributed by atoms with Crippen LogP contribution in [0.1, 0.15) is 60.0 Å². The van der Waals surface area contributed by atoms with Crippen LogP contribution in [0.2, 0.25) is 0 Å². The number of hydrogen-bond donors (Lipinski definition) is 1. The molecule has 0 spiro atoms. The second-order valence-corrected chi connectivity index (χ2v) is 9.77. The summed E-state index contributed by atoms with van der Waals surface area (Å²) in [6, 6.07) is 27.5. The molecule has 0 radical (unpaired) electrons. The first-order valence-corrected chi connectivity index (χ1v) is 12.5. The minimum Gasteiger partial charge on any atom is -0.489 e. The normalized spacial score (nSPS) is 21.2. The number of aliphatic hydroxyl groups is 1. The standard InChI is InChI=1S/C30H35NO2.ClH/c32-30-20-24(10-11-27-8-4-5-9-29(27)30)21-31-18-16-26(17-19-31)25-12-14-28(15-13-25)33-22-23-6-2-1-3-7-23;/h1-9,12-15,24,26,30,32H,10-11,16-22H2;1H. The molecule has 1 aliphatic heterocycles. The zero-order chi connectivity index (χ0) is 22.5. The van der Waals surface area contributed by atoms with Crippen molar-refractivity contribution < 1.29 is 9.84 Å². The van der Waals surface area contributed by atoms with Crippen molar-refractivity contribution >= 4 is 12.4 Å². The van der Waals surface area contributed by atoms with Gasteiger partial charge in [0.2, 0.25) is 0 Å². The summed E-state index contributed by atoms with van der Waals surface area (Å²) in [5.74, 6) is 2.14. The number of fused-ring (bicyclic) bond motifs is 1. The van der Waals surface area contributed by atoms with Crippen molar-refractivity contribution in [3.05, 3.63) is 101 Å². The summed E-state index contributed by atoms with van der Waals surface area (Å²) in [4.78, 5) is 2.63. The van der Waals surface area contributed by atoms with Gasteiger partial charge in [0.1, 0.15) is 12.4 Å². The fraction of sp³-hybridized carbons (Fsp3) is 0.400.